The Bertz CT molecular complexity index is 4220. The molecule has 3 heterocycles. The van der Waals surface area contributed by atoms with Crippen molar-refractivity contribution in [2.45, 2.75) is 105 Å². The minimum absolute atomic E-state index is 0.105. The van der Waals surface area contributed by atoms with Crippen LogP contribution in [0.1, 0.15) is 105 Å². The number of nitrogens with zero attached hydrogens (tertiary/aromatic N) is 2. The lowest BCUT2D eigenvalue weighted by molar-refractivity contribution is 0.568. The summed E-state index contributed by atoms with van der Waals surface area (Å²) in [6, 6.07) is 72.5. The normalized spacial score (nSPS) is 13.8. The lowest BCUT2D eigenvalue weighted by Crippen LogP contribution is -2.61. The Labute approximate surface area is 460 Å². The van der Waals surface area contributed by atoms with E-state index < -0.39 is 0 Å². The van der Waals surface area contributed by atoms with Crippen LogP contribution < -0.4 is 26.2 Å². The third-order valence-electron chi connectivity index (χ3n) is 17.3. The maximum Gasteiger partial charge on any atom is 0.252 e. The van der Waals surface area contributed by atoms with Gasteiger partial charge in [-0.1, -0.05) is 204 Å². The Hall–Kier alpha value is -8.08. The fraction of sp³-hybridized carbons (Fsp3) is 0.216. The molecule has 1 aromatic heterocycles. The quantitative estimate of drug-likeness (QED) is 0.130. The van der Waals surface area contributed by atoms with E-state index in [-0.39, 0.29) is 28.4 Å². The average Bonchev–Trinajstić information content (AvgIpc) is 3.06. The summed E-state index contributed by atoms with van der Waals surface area (Å²) in [7, 11) is 0. The summed E-state index contributed by atoms with van der Waals surface area (Å²) >= 11 is 0. The monoisotopic (exact) mass is 1010 g/mol. The van der Waals surface area contributed by atoms with Crippen LogP contribution in [0.4, 0.5) is 34.1 Å². The summed E-state index contributed by atoms with van der Waals surface area (Å²) < 4.78 is 6.49. The largest absolute Gasteiger partial charge is 0.456 e. The van der Waals surface area contributed by atoms with Crippen LogP contribution in [0.25, 0.3) is 76.2 Å². The summed E-state index contributed by atoms with van der Waals surface area (Å²) in [5.74, 6) is 0. The first-order valence-electron chi connectivity index (χ1n) is 28.1. The minimum Gasteiger partial charge on any atom is -0.456 e. The van der Waals surface area contributed by atoms with E-state index in [1.165, 1.54) is 116 Å². The van der Waals surface area contributed by atoms with Crippen molar-refractivity contribution in [3.63, 3.8) is 0 Å². The van der Waals surface area contributed by atoms with Crippen molar-refractivity contribution in [1.29, 1.82) is 0 Å². The molecule has 0 amide bonds. The molecule has 78 heavy (non-hydrogen) atoms. The van der Waals surface area contributed by atoms with Gasteiger partial charge in [0.05, 0.1) is 0 Å². The van der Waals surface area contributed by atoms with Gasteiger partial charge in [-0.2, -0.15) is 0 Å². The maximum absolute atomic E-state index is 6.49. The lowest BCUT2D eigenvalue weighted by Gasteiger charge is -2.45. The van der Waals surface area contributed by atoms with E-state index in [4.69, 9.17) is 4.42 Å². The Morgan fingerprint density at radius 3 is 1.18 bits per heavy atom. The Morgan fingerprint density at radius 1 is 0.308 bits per heavy atom. The van der Waals surface area contributed by atoms with Gasteiger partial charge in [0.1, 0.15) is 11.2 Å². The summed E-state index contributed by atoms with van der Waals surface area (Å²) in [5, 5.41) is 12.3. The zero-order chi connectivity index (χ0) is 53.9. The van der Waals surface area contributed by atoms with Crippen molar-refractivity contribution in [2.24, 2.45) is 0 Å². The van der Waals surface area contributed by atoms with E-state index in [0.29, 0.717) is 0 Å². The lowest BCUT2D eigenvalue weighted by atomic mass is 9.33. The average molecular weight is 1010 g/mol. The van der Waals surface area contributed by atoms with Crippen LogP contribution in [-0.2, 0) is 21.7 Å². The first-order chi connectivity index (χ1) is 37.2. The number of anilines is 6. The molecule has 0 radical (unpaired) electrons. The van der Waals surface area contributed by atoms with Crippen molar-refractivity contribution < 1.29 is 4.42 Å². The number of fused-ring (bicyclic) bond motifs is 13. The topological polar surface area (TPSA) is 19.6 Å². The van der Waals surface area contributed by atoms with Gasteiger partial charge >= 0.3 is 0 Å². The van der Waals surface area contributed by atoms with Crippen LogP contribution in [0.3, 0.4) is 0 Å². The predicted octanol–water partition coefficient (Wildman–Crippen LogP) is 19.1. The predicted molar refractivity (Wildman–Crippen MR) is 338 cm³/mol. The van der Waals surface area contributed by atoms with Crippen LogP contribution in [-0.4, -0.2) is 6.71 Å². The van der Waals surface area contributed by atoms with Crippen molar-refractivity contribution in [3.05, 3.63) is 210 Å². The van der Waals surface area contributed by atoms with Crippen molar-refractivity contribution in [1.82, 2.24) is 0 Å². The smallest absolute Gasteiger partial charge is 0.252 e. The van der Waals surface area contributed by atoms with E-state index in [0.717, 1.165) is 33.1 Å². The second kappa shape index (κ2) is 16.7. The molecule has 0 fully saturated rings. The summed E-state index contributed by atoms with van der Waals surface area (Å²) in [4.78, 5) is 5.32. The maximum atomic E-state index is 6.49. The molecule has 14 rings (SSSR count). The highest BCUT2D eigenvalue weighted by atomic mass is 16.3. The van der Waals surface area contributed by atoms with Gasteiger partial charge in [0.2, 0.25) is 0 Å². The van der Waals surface area contributed by atoms with Gasteiger partial charge in [-0.3, -0.25) is 0 Å². The highest BCUT2D eigenvalue weighted by Crippen LogP contribution is 2.50. The molecule has 0 bridgehead atoms. The van der Waals surface area contributed by atoms with E-state index in [1.807, 2.05) is 0 Å². The van der Waals surface area contributed by atoms with Crippen LogP contribution in [0.2, 0.25) is 0 Å². The Morgan fingerprint density at radius 2 is 0.718 bits per heavy atom. The van der Waals surface area contributed by atoms with Gasteiger partial charge in [0.25, 0.3) is 6.71 Å². The number of hydrogen-bond acceptors (Lipinski definition) is 3. The van der Waals surface area contributed by atoms with Gasteiger partial charge in [-0.15, -0.1) is 0 Å². The molecule has 0 atom stereocenters. The van der Waals surface area contributed by atoms with Gasteiger partial charge in [0, 0.05) is 44.9 Å². The first-order valence-corrected chi connectivity index (χ1v) is 28.1. The van der Waals surface area contributed by atoms with Gasteiger partial charge < -0.3 is 14.2 Å². The fourth-order valence-electron chi connectivity index (χ4n) is 12.8. The highest BCUT2D eigenvalue weighted by Gasteiger charge is 2.45. The molecule has 0 spiro atoms. The SMILES string of the molecule is CC(C)(C)c1cc(N2c3cc4ccc5ccccc5c4cc3B3c4cc5c(ccc6ccccc65)cc4N(c4cc(C(C)(C)C)cc(C(C)(C)C)c4)c4cc(-c5ccc6oc7ccccc7c6c5)cc2c43)cc(C(C)(C)C)c1. The molecule has 0 N–H and O–H groups in total. The molecular weight excluding hydrogens is 944 g/mol. The van der Waals surface area contributed by atoms with Gasteiger partial charge in [0.15, 0.2) is 0 Å². The molecule has 4 heteroatoms. The standard InChI is InChI=1S/C74H67BN2O/c1-71(2,3)50-36-51(72(4,5)6)39-54(38-50)76-64-32-47-27-25-44-19-13-15-21-56(44)59(47)42-62(64)75-63-43-60-48(28-26-45-20-14-16-22-57(45)60)33-65(63)77(55-40-52(73(7,8)9)37-53(41-55)74(10,11)12)67-35-49(34-66(76)70(67)75)46-29-30-69-61(31-46)58-23-17-18-24-68(58)78-69/h13-43H,1-12H3. The van der Waals surface area contributed by atoms with Crippen molar-refractivity contribution in [2.75, 3.05) is 9.80 Å². The molecule has 0 aliphatic carbocycles. The highest BCUT2D eigenvalue weighted by molar-refractivity contribution is 7.00. The van der Waals surface area contributed by atoms with Gasteiger partial charge in [-0.25, -0.2) is 0 Å². The molecule has 3 nitrogen and oxygen atoms in total. The zero-order valence-electron chi connectivity index (χ0n) is 47.3. The fourth-order valence-corrected chi connectivity index (χ4v) is 12.8. The molecule has 2 aliphatic rings. The second-order valence-electron chi connectivity index (χ2n) is 26.7. The summed E-state index contributed by atoms with van der Waals surface area (Å²) in [6.45, 7) is 28.2. The third-order valence-corrected chi connectivity index (χ3v) is 17.3. The summed E-state index contributed by atoms with van der Waals surface area (Å²) in [6.07, 6.45) is 0. The van der Waals surface area contributed by atoms with Gasteiger partial charge in [-0.05, 0) is 181 Å². The number of benzene rings is 11. The van der Waals surface area contributed by atoms with E-state index in [2.05, 4.69) is 281 Å². The number of para-hydroxylation sites is 1. The van der Waals surface area contributed by atoms with Crippen LogP contribution >= 0.6 is 0 Å². The Balaban J connectivity index is 1.18. The summed E-state index contributed by atoms with van der Waals surface area (Å²) in [5.41, 5.74) is 20.1. The molecule has 12 aromatic rings. The van der Waals surface area contributed by atoms with Crippen LogP contribution in [0.5, 0.6) is 0 Å². The molecule has 2 aliphatic heterocycles. The van der Waals surface area contributed by atoms with E-state index in [9.17, 15) is 0 Å². The van der Waals surface area contributed by atoms with Crippen LogP contribution in [0.15, 0.2) is 192 Å². The zero-order valence-corrected chi connectivity index (χ0v) is 47.3. The first kappa shape index (κ1) is 48.3. The molecule has 11 aromatic carbocycles. The number of hydrogen-bond donors (Lipinski definition) is 0. The number of rotatable bonds is 3. The molecule has 382 valence electrons. The third kappa shape index (κ3) is 7.61. The number of furan rings is 1. The molecule has 0 saturated heterocycles. The van der Waals surface area contributed by atoms with Crippen molar-refractivity contribution in [3.8, 4) is 11.1 Å². The van der Waals surface area contributed by atoms with E-state index >= 15 is 0 Å². The molecule has 0 unspecified atom stereocenters. The molecule has 0 saturated carbocycles. The Kier molecular flexibility index (Phi) is 10.4. The van der Waals surface area contributed by atoms with Crippen LogP contribution in [0, 0.1) is 0 Å². The van der Waals surface area contributed by atoms with Crippen molar-refractivity contribution >= 4 is 122 Å². The minimum atomic E-state index is -0.116. The second-order valence-corrected chi connectivity index (χ2v) is 26.7. The molecular formula is C74H67BN2O. The van der Waals surface area contributed by atoms with E-state index in [1.54, 1.807) is 0 Å².